The van der Waals surface area contributed by atoms with Gasteiger partial charge in [0.05, 0.1) is 23.1 Å². The number of thioether (sulfide) groups is 1. The molecule has 4 aromatic carbocycles. The maximum absolute atomic E-state index is 11.1. The van der Waals surface area contributed by atoms with E-state index in [1.165, 1.54) is 27.1 Å². The standard InChI is InChI=1S/C19H17ClOS.C15H10BrCl.C5H10O2S/c1-13(21)11-12-22-18-8-3-2-6-16(18)17-10-9-14-5-4-7-15(14)19(17)20;16-14-7-2-1-5-12(14)13-9-8-10-4-3-6-11(10)15(13)17;1-2-7-5(6)3-4-8/h2-6,8-10H,7,11-12H2,1H3;1-5,7-9H,6H2;8H,2-4H2,1H3. The van der Waals surface area contributed by atoms with Gasteiger partial charge in [-0.1, -0.05) is 124 Å². The molecule has 3 nitrogen and oxygen atoms in total. The maximum Gasteiger partial charge on any atom is 0.306 e. The van der Waals surface area contributed by atoms with Crippen molar-refractivity contribution in [3.8, 4) is 22.3 Å². The topological polar surface area (TPSA) is 43.4 Å². The van der Waals surface area contributed by atoms with Gasteiger partial charge in [0.25, 0.3) is 0 Å². The van der Waals surface area contributed by atoms with E-state index in [4.69, 9.17) is 23.2 Å². The Kier molecular flexibility index (Phi) is 14.8. The first-order chi connectivity index (χ1) is 22.7. The Labute approximate surface area is 306 Å². The SMILES string of the molecule is CC(=O)CCSc1ccccc1-c1ccc2c(c1Cl)CC=C2.CCOC(=O)CCS.Clc1c(-c2ccccc2Br)ccc2c1CC=C2. The maximum atomic E-state index is 11.1. The van der Waals surface area contributed by atoms with Crippen LogP contribution >= 0.6 is 63.5 Å². The van der Waals surface area contributed by atoms with Crippen LogP contribution in [0.25, 0.3) is 34.4 Å². The molecule has 244 valence electrons. The van der Waals surface area contributed by atoms with Crippen molar-refractivity contribution >= 4 is 87.4 Å². The number of carbonyl (C=O) groups excluding carboxylic acids is 2. The second kappa shape index (κ2) is 18.7. The van der Waals surface area contributed by atoms with E-state index in [-0.39, 0.29) is 11.8 Å². The first-order valence-electron chi connectivity index (χ1n) is 15.4. The smallest absolute Gasteiger partial charge is 0.306 e. The zero-order valence-electron chi connectivity index (χ0n) is 26.4. The van der Waals surface area contributed by atoms with Gasteiger partial charge in [-0.2, -0.15) is 12.6 Å². The van der Waals surface area contributed by atoms with Gasteiger partial charge in [0.2, 0.25) is 0 Å². The Bertz CT molecular complexity index is 1780. The third-order valence-corrected chi connectivity index (χ3v) is 10.3. The van der Waals surface area contributed by atoms with Crippen LogP contribution in [0.4, 0.5) is 0 Å². The number of rotatable bonds is 9. The summed E-state index contributed by atoms with van der Waals surface area (Å²) in [4.78, 5) is 22.7. The van der Waals surface area contributed by atoms with Crippen LogP contribution in [0.3, 0.4) is 0 Å². The van der Waals surface area contributed by atoms with Crippen molar-refractivity contribution in [3.05, 3.63) is 122 Å². The van der Waals surface area contributed by atoms with Crippen molar-refractivity contribution in [3.63, 3.8) is 0 Å². The highest BCUT2D eigenvalue weighted by atomic mass is 79.9. The molecule has 0 aromatic heterocycles. The number of halogens is 3. The summed E-state index contributed by atoms with van der Waals surface area (Å²) >= 11 is 22.3. The van der Waals surface area contributed by atoms with Crippen LogP contribution in [0.2, 0.25) is 10.0 Å². The molecule has 0 spiro atoms. The van der Waals surface area contributed by atoms with Gasteiger partial charge in [-0.25, -0.2) is 0 Å². The van der Waals surface area contributed by atoms with Crippen molar-refractivity contribution in [2.75, 3.05) is 18.1 Å². The van der Waals surface area contributed by atoms with Gasteiger partial charge in [-0.3, -0.25) is 9.59 Å². The number of thiol groups is 1. The highest BCUT2D eigenvalue weighted by Crippen LogP contribution is 2.40. The lowest BCUT2D eigenvalue weighted by Gasteiger charge is -2.13. The van der Waals surface area contributed by atoms with Crippen LogP contribution < -0.4 is 0 Å². The largest absolute Gasteiger partial charge is 0.466 e. The Hall–Kier alpha value is -2.74. The predicted molar refractivity (Wildman–Crippen MR) is 208 cm³/mol. The molecule has 0 saturated carbocycles. The average molecular weight is 769 g/mol. The van der Waals surface area contributed by atoms with Crippen molar-refractivity contribution in [2.45, 2.75) is 44.4 Å². The number of carbonyl (C=O) groups is 2. The van der Waals surface area contributed by atoms with Crippen molar-refractivity contribution in [2.24, 2.45) is 0 Å². The molecule has 2 aliphatic carbocycles. The summed E-state index contributed by atoms with van der Waals surface area (Å²) in [5.41, 5.74) is 9.38. The van der Waals surface area contributed by atoms with Gasteiger partial charge in [0.1, 0.15) is 5.78 Å². The number of ether oxygens (including phenoxy) is 1. The number of esters is 1. The molecule has 0 saturated heterocycles. The minimum absolute atomic E-state index is 0.164. The molecule has 0 N–H and O–H groups in total. The summed E-state index contributed by atoms with van der Waals surface area (Å²) in [6.07, 6.45) is 11.4. The second-order valence-electron chi connectivity index (χ2n) is 10.8. The van der Waals surface area contributed by atoms with E-state index < -0.39 is 0 Å². The fraction of sp³-hybridized carbons (Fsp3) is 0.231. The number of Topliss-reactive ketones (excluding diaryl/α,β-unsaturated/α-hetero) is 1. The number of ketones is 1. The summed E-state index contributed by atoms with van der Waals surface area (Å²) in [6.45, 7) is 3.89. The fourth-order valence-corrected chi connectivity index (χ4v) is 7.65. The van der Waals surface area contributed by atoms with Crippen molar-refractivity contribution < 1.29 is 14.3 Å². The van der Waals surface area contributed by atoms with Crippen LogP contribution in [-0.4, -0.2) is 29.9 Å². The number of hydrogen-bond donors (Lipinski definition) is 1. The molecule has 0 heterocycles. The summed E-state index contributed by atoms with van der Waals surface area (Å²) in [6, 6.07) is 24.9. The fourth-order valence-electron chi connectivity index (χ4n) is 5.15. The van der Waals surface area contributed by atoms with Crippen LogP contribution in [0, 0.1) is 0 Å². The molecular formula is C39H37BrCl2O3S2. The van der Waals surface area contributed by atoms with E-state index in [1.54, 1.807) is 25.6 Å². The summed E-state index contributed by atoms with van der Waals surface area (Å²) in [5, 5.41) is 1.72. The zero-order valence-corrected chi connectivity index (χ0v) is 31.2. The van der Waals surface area contributed by atoms with Gasteiger partial charge < -0.3 is 4.74 Å². The Morgan fingerprint density at radius 3 is 1.89 bits per heavy atom. The molecule has 0 bridgehead atoms. The lowest BCUT2D eigenvalue weighted by atomic mass is 10.00. The molecule has 4 aromatic rings. The molecule has 0 aliphatic heterocycles. The Morgan fingerprint density at radius 2 is 1.34 bits per heavy atom. The van der Waals surface area contributed by atoms with Crippen LogP contribution in [0.15, 0.2) is 94.3 Å². The monoisotopic (exact) mass is 766 g/mol. The van der Waals surface area contributed by atoms with Crippen molar-refractivity contribution in [1.29, 1.82) is 0 Å². The quantitative estimate of drug-likeness (QED) is 0.105. The molecule has 0 atom stereocenters. The van der Waals surface area contributed by atoms with Crippen LogP contribution in [-0.2, 0) is 27.2 Å². The van der Waals surface area contributed by atoms with Gasteiger partial charge >= 0.3 is 5.97 Å². The Morgan fingerprint density at radius 1 is 0.787 bits per heavy atom. The lowest BCUT2D eigenvalue weighted by Crippen LogP contribution is -2.03. The lowest BCUT2D eigenvalue weighted by molar-refractivity contribution is -0.142. The van der Waals surface area contributed by atoms with Gasteiger partial charge in [0, 0.05) is 38.4 Å². The number of hydrogen-bond acceptors (Lipinski definition) is 5. The Balaban J connectivity index is 0.000000177. The number of allylic oxidation sites excluding steroid dienone is 2. The third kappa shape index (κ3) is 10.1. The van der Waals surface area contributed by atoms with Gasteiger partial charge in [0.15, 0.2) is 0 Å². The highest BCUT2D eigenvalue weighted by Gasteiger charge is 2.17. The molecule has 0 fully saturated rings. The van der Waals surface area contributed by atoms with Gasteiger partial charge in [-0.05, 0) is 72.2 Å². The molecule has 0 amide bonds. The third-order valence-electron chi connectivity index (χ3n) is 7.47. The first-order valence-corrected chi connectivity index (χ1v) is 18.6. The van der Waals surface area contributed by atoms with Crippen LogP contribution in [0.1, 0.15) is 48.9 Å². The van der Waals surface area contributed by atoms with E-state index >= 15 is 0 Å². The molecular weight excluding hydrogens is 731 g/mol. The van der Waals surface area contributed by atoms with Crippen molar-refractivity contribution in [1.82, 2.24) is 0 Å². The minimum atomic E-state index is -0.164. The summed E-state index contributed by atoms with van der Waals surface area (Å²) in [7, 11) is 0. The first kappa shape index (κ1) is 37.1. The normalized spacial score (nSPS) is 12.0. The molecule has 47 heavy (non-hydrogen) atoms. The zero-order chi connectivity index (χ0) is 33.8. The minimum Gasteiger partial charge on any atom is -0.466 e. The molecule has 0 unspecified atom stereocenters. The van der Waals surface area contributed by atoms with E-state index in [0.717, 1.165) is 55.4 Å². The van der Waals surface area contributed by atoms with E-state index in [0.29, 0.717) is 25.2 Å². The summed E-state index contributed by atoms with van der Waals surface area (Å²) < 4.78 is 5.67. The summed E-state index contributed by atoms with van der Waals surface area (Å²) in [5.74, 6) is 1.43. The molecule has 0 radical (unpaired) electrons. The average Bonchev–Trinajstić information content (AvgIpc) is 3.74. The molecule has 2 aliphatic rings. The predicted octanol–water partition coefficient (Wildman–Crippen LogP) is 11.9. The molecule has 6 rings (SSSR count). The highest BCUT2D eigenvalue weighted by molar-refractivity contribution is 9.10. The molecule has 8 heteroatoms. The van der Waals surface area contributed by atoms with E-state index in [2.05, 4.69) is 100 Å². The number of fused-ring (bicyclic) bond motifs is 2. The second-order valence-corrected chi connectivity index (χ2v) is 14.0. The van der Waals surface area contributed by atoms with E-state index in [1.807, 2.05) is 30.3 Å². The number of benzene rings is 4. The van der Waals surface area contributed by atoms with Crippen LogP contribution in [0.5, 0.6) is 0 Å². The van der Waals surface area contributed by atoms with Gasteiger partial charge in [-0.15, -0.1) is 11.8 Å². The van der Waals surface area contributed by atoms with E-state index in [9.17, 15) is 9.59 Å².